The van der Waals surface area contributed by atoms with Crippen LogP contribution in [0.1, 0.15) is 24.4 Å². The van der Waals surface area contributed by atoms with Crippen molar-refractivity contribution in [1.29, 1.82) is 5.26 Å². The maximum Gasteiger partial charge on any atom is 0.131 e. The molecule has 0 saturated heterocycles. The van der Waals surface area contributed by atoms with Crippen LogP contribution in [0.15, 0.2) is 48.5 Å². The molecule has 0 radical (unpaired) electrons. The third-order valence-electron chi connectivity index (χ3n) is 3.23. The van der Waals surface area contributed by atoms with Gasteiger partial charge >= 0.3 is 0 Å². The number of imidazole rings is 1. The molecular formula is C16H14N4. The first-order chi connectivity index (χ1) is 9.70. The lowest BCUT2D eigenvalue weighted by atomic mass is 10.2. The van der Waals surface area contributed by atoms with Crippen molar-refractivity contribution >= 4 is 11.0 Å². The third-order valence-corrected chi connectivity index (χ3v) is 3.23. The summed E-state index contributed by atoms with van der Waals surface area (Å²) >= 11 is 0. The first-order valence-corrected chi connectivity index (χ1v) is 6.44. The molecule has 3 aromatic rings. The van der Waals surface area contributed by atoms with E-state index in [1.165, 1.54) is 0 Å². The standard InChI is InChI=1S/C16H14N4/c1-11(18)16-19-14-8-7-12(10-17)9-15(14)20(16)13-5-3-2-4-6-13/h2-9,11H,18H2,1H3/t11-/m1/s1. The number of nitrogens with zero attached hydrogens (tertiary/aromatic N) is 3. The van der Waals surface area contributed by atoms with E-state index in [1.54, 1.807) is 6.07 Å². The predicted molar refractivity (Wildman–Crippen MR) is 78.4 cm³/mol. The molecule has 1 heterocycles. The van der Waals surface area contributed by atoms with Crippen LogP contribution in [0, 0.1) is 11.3 Å². The largest absolute Gasteiger partial charge is 0.322 e. The molecule has 0 aliphatic carbocycles. The Balaban J connectivity index is 2.37. The summed E-state index contributed by atoms with van der Waals surface area (Å²) in [5, 5.41) is 9.07. The highest BCUT2D eigenvalue weighted by Crippen LogP contribution is 2.25. The Morgan fingerprint density at radius 3 is 2.60 bits per heavy atom. The van der Waals surface area contributed by atoms with Crippen molar-refractivity contribution < 1.29 is 0 Å². The molecule has 20 heavy (non-hydrogen) atoms. The molecule has 0 bridgehead atoms. The van der Waals surface area contributed by atoms with Crippen LogP contribution in [0.2, 0.25) is 0 Å². The van der Waals surface area contributed by atoms with Crippen molar-refractivity contribution in [3.05, 3.63) is 59.9 Å². The normalized spacial score (nSPS) is 12.2. The summed E-state index contributed by atoms with van der Waals surface area (Å²) < 4.78 is 2.01. The number of aromatic nitrogens is 2. The summed E-state index contributed by atoms with van der Waals surface area (Å²) in [6.45, 7) is 1.91. The van der Waals surface area contributed by atoms with Crippen molar-refractivity contribution in [2.75, 3.05) is 0 Å². The predicted octanol–water partition coefficient (Wildman–Crippen LogP) is 2.92. The fourth-order valence-electron chi connectivity index (χ4n) is 2.32. The van der Waals surface area contributed by atoms with Gasteiger partial charge in [-0.15, -0.1) is 0 Å². The van der Waals surface area contributed by atoms with E-state index >= 15 is 0 Å². The molecule has 0 unspecified atom stereocenters. The quantitative estimate of drug-likeness (QED) is 0.772. The highest BCUT2D eigenvalue weighted by Gasteiger charge is 2.15. The van der Waals surface area contributed by atoms with Crippen molar-refractivity contribution in [2.24, 2.45) is 5.73 Å². The van der Waals surface area contributed by atoms with Gasteiger partial charge < -0.3 is 5.73 Å². The second kappa shape index (κ2) is 4.80. The van der Waals surface area contributed by atoms with Crippen molar-refractivity contribution in [3.63, 3.8) is 0 Å². The topological polar surface area (TPSA) is 67.6 Å². The van der Waals surface area contributed by atoms with E-state index < -0.39 is 0 Å². The number of fused-ring (bicyclic) bond motifs is 1. The summed E-state index contributed by atoms with van der Waals surface area (Å²) in [5.74, 6) is 0.793. The molecule has 4 nitrogen and oxygen atoms in total. The monoisotopic (exact) mass is 262 g/mol. The molecule has 0 aliphatic heterocycles. The number of benzene rings is 2. The van der Waals surface area contributed by atoms with Gasteiger partial charge in [0.25, 0.3) is 0 Å². The van der Waals surface area contributed by atoms with Crippen LogP contribution < -0.4 is 5.73 Å². The Kier molecular flexibility index (Phi) is 2.97. The van der Waals surface area contributed by atoms with E-state index in [9.17, 15) is 0 Å². The molecule has 1 aromatic heterocycles. The van der Waals surface area contributed by atoms with Gasteiger partial charge in [0.15, 0.2) is 0 Å². The molecule has 2 N–H and O–H groups in total. The number of hydrogen-bond acceptors (Lipinski definition) is 3. The summed E-state index contributed by atoms with van der Waals surface area (Å²) in [5.41, 5.74) is 9.40. The average Bonchev–Trinajstić information content (AvgIpc) is 2.86. The van der Waals surface area contributed by atoms with Crippen molar-refractivity contribution in [2.45, 2.75) is 13.0 Å². The highest BCUT2D eigenvalue weighted by atomic mass is 15.1. The molecule has 3 rings (SSSR count). The highest BCUT2D eigenvalue weighted by molar-refractivity contribution is 5.80. The van der Waals surface area contributed by atoms with Crippen LogP contribution in [0.25, 0.3) is 16.7 Å². The minimum Gasteiger partial charge on any atom is -0.322 e. The Bertz CT molecular complexity index is 794. The summed E-state index contributed by atoms with van der Waals surface area (Å²) in [6.07, 6.45) is 0. The lowest BCUT2D eigenvalue weighted by molar-refractivity contribution is 0.727. The van der Waals surface area contributed by atoms with Gasteiger partial charge in [-0.05, 0) is 37.3 Å². The molecule has 0 amide bonds. The van der Waals surface area contributed by atoms with E-state index in [2.05, 4.69) is 11.1 Å². The van der Waals surface area contributed by atoms with Gasteiger partial charge in [0.1, 0.15) is 5.82 Å². The summed E-state index contributed by atoms with van der Waals surface area (Å²) in [7, 11) is 0. The Labute approximate surface area is 117 Å². The van der Waals surface area contributed by atoms with Crippen LogP contribution >= 0.6 is 0 Å². The minimum atomic E-state index is -0.187. The fraction of sp³-hybridized carbons (Fsp3) is 0.125. The van der Waals surface area contributed by atoms with Gasteiger partial charge in [0.05, 0.1) is 28.7 Å². The summed E-state index contributed by atoms with van der Waals surface area (Å²) in [4.78, 5) is 4.59. The zero-order chi connectivity index (χ0) is 14.1. The number of nitrogens with two attached hydrogens (primary N) is 1. The molecule has 0 saturated carbocycles. The van der Waals surface area contributed by atoms with Crippen LogP contribution in [0.5, 0.6) is 0 Å². The van der Waals surface area contributed by atoms with E-state index in [-0.39, 0.29) is 6.04 Å². The second-order valence-electron chi connectivity index (χ2n) is 4.74. The molecular weight excluding hydrogens is 248 g/mol. The van der Waals surface area contributed by atoms with Gasteiger partial charge in [-0.3, -0.25) is 4.57 Å². The molecule has 1 atom stereocenters. The van der Waals surface area contributed by atoms with Crippen molar-refractivity contribution in [3.8, 4) is 11.8 Å². The van der Waals surface area contributed by atoms with Gasteiger partial charge in [0.2, 0.25) is 0 Å². The number of nitriles is 1. The number of rotatable bonds is 2. The first kappa shape index (κ1) is 12.4. The number of para-hydroxylation sites is 1. The third kappa shape index (κ3) is 1.94. The molecule has 2 aromatic carbocycles. The van der Waals surface area contributed by atoms with Crippen molar-refractivity contribution in [1.82, 2.24) is 9.55 Å². The van der Waals surface area contributed by atoms with E-state index in [0.29, 0.717) is 5.56 Å². The zero-order valence-corrected chi connectivity index (χ0v) is 11.1. The van der Waals surface area contributed by atoms with E-state index in [4.69, 9.17) is 11.0 Å². The first-order valence-electron chi connectivity index (χ1n) is 6.44. The van der Waals surface area contributed by atoms with Gasteiger partial charge in [-0.1, -0.05) is 18.2 Å². The molecule has 0 fully saturated rings. The number of hydrogen-bond donors (Lipinski definition) is 1. The minimum absolute atomic E-state index is 0.187. The SMILES string of the molecule is C[C@@H](N)c1nc2ccc(C#N)cc2n1-c1ccccc1. The molecule has 0 spiro atoms. The van der Waals surface area contributed by atoms with Crippen LogP contribution in [0.4, 0.5) is 0 Å². The lowest BCUT2D eigenvalue weighted by Crippen LogP contribution is -2.12. The Morgan fingerprint density at radius 2 is 1.95 bits per heavy atom. The zero-order valence-electron chi connectivity index (χ0n) is 11.1. The lowest BCUT2D eigenvalue weighted by Gasteiger charge is -2.11. The van der Waals surface area contributed by atoms with Crippen LogP contribution in [-0.4, -0.2) is 9.55 Å². The second-order valence-corrected chi connectivity index (χ2v) is 4.74. The van der Waals surface area contributed by atoms with Crippen LogP contribution in [-0.2, 0) is 0 Å². The molecule has 4 heteroatoms. The van der Waals surface area contributed by atoms with Gasteiger partial charge in [-0.2, -0.15) is 5.26 Å². The molecule has 0 aliphatic rings. The van der Waals surface area contributed by atoms with Gasteiger partial charge in [0, 0.05) is 5.69 Å². The summed E-state index contributed by atoms with van der Waals surface area (Å²) in [6, 6.07) is 17.4. The maximum atomic E-state index is 9.07. The molecule has 98 valence electrons. The maximum absolute atomic E-state index is 9.07. The fourth-order valence-corrected chi connectivity index (χ4v) is 2.32. The van der Waals surface area contributed by atoms with Crippen LogP contribution in [0.3, 0.4) is 0 Å². The Hall–Kier alpha value is -2.64. The Morgan fingerprint density at radius 1 is 1.20 bits per heavy atom. The van der Waals surface area contributed by atoms with E-state index in [1.807, 2.05) is 54.0 Å². The average molecular weight is 262 g/mol. The van der Waals surface area contributed by atoms with Gasteiger partial charge in [-0.25, -0.2) is 4.98 Å². The smallest absolute Gasteiger partial charge is 0.131 e. The van der Waals surface area contributed by atoms with E-state index in [0.717, 1.165) is 22.5 Å².